The van der Waals surface area contributed by atoms with Crippen LogP contribution >= 0.6 is 0 Å². The first-order chi connectivity index (χ1) is 21.4. The smallest absolute Gasteiger partial charge is 0.440 e. The van der Waals surface area contributed by atoms with Gasteiger partial charge in [-0.2, -0.15) is 18.3 Å². The largest absolute Gasteiger partial charge is 0.573 e. The Hall–Kier alpha value is -4.70. The van der Waals surface area contributed by atoms with Crippen LogP contribution in [0.5, 0.6) is 5.75 Å². The molecule has 2 aromatic heterocycles. The number of nitrogens with zero attached hydrogens (tertiary/aromatic N) is 3. The standard InChI is InChI=1S/C30H22F7N3O5S/c1-15-10-26(29(32,33)34)39-40(15)24-9-6-18(19-12-23(31)22(14-41)25(13-19)46(3,42)43)11-21(24)27-28(44-16(2)38-27)17-4-7-20(8-5-17)45-30(35,36)37/h4-13,41H,14H2,1-3H3. The van der Waals surface area contributed by atoms with Crippen LogP contribution in [0.25, 0.3) is 39.4 Å². The van der Waals surface area contributed by atoms with E-state index in [1.54, 1.807) is 0 Å². The summed E-state index contributed by atoms with van der Waals surface area (Å²) < 4.78 is 129. The molecular weight excluding hydrogens is 647 g/mol. The number of benzene rings is 3. The average molecular weight is 670 g/mol. The molecular formula is C30H22F7N3O5S. The second-order valence-electron chi connectivity index (χ2n) is 10.2. The Kier molecular flexibility index (Phi) is 8.23. The number of sulfone groups is 1. The number of hydrogen-bond donors (Lipinski definition) is 1. The monoisotopic (exact) mass is 669 g/mol. The van der Waals surface area contributed by atoms with Gasteiger partial charge in [-0.3, -0.25) is 0 Å². The van der Waals surface area contributed by atoms with Gasteiger partial charge >= 0.3 is 12.5 Å². The highest BCUT2D eigenvalue weighted by Gasteiger charge is 2.35. The average Bonchev–Trinajstić information content (AvgIpc) is 3.54. The molecule has 0 saturated heterocycles. The molecule has 0 fully saturated rings. The fraction of sp³-hybridized carbons (Fsp3) is 0.200. The predicted molar refractivity (Wildman–Crippen MR) is 150 cm³/mol. The van der Waals surface area contributed by atoms with E-state index in [-0.39, 0.29) is 51.0 Å². The molecule has 0 amide bonds. The molecule has 0 unspecified atom stereocenters. The molecule has 1 N–H and O–H groups in total. The molecule has 0 aliphatic carbocycles. The van der Waals surface area contributed by atoms with Gasteiger partial charge in [0.15, 0.2) is 27.2 Å². The summed E-state index contributed by atoms with van der Waals surface area (Å²) in [6.45, 7) is 1.96. The van der Waals surface area contributed by atoms with Gasteiger partial charge in [0, 0.05) is 35.6 Å². The second-order valence-corrected chi connectivity index (χ2v) is 12.1. The van der Waals surface area contributed by atoms with Crippen molar-refractivity contribution >= 4 is 9.84 Å². The van der Waals surface area contributed by atoms with Crippen LogP contribution in [0.3, 0.4) is 0 Å². The van der Waals surface area contributed by atoms with Crippen molar-refractivity contribution in [2.45, 2.75) is 37.9 Å². The topological polar surface area (TPSA) is 107 Å². The van der Waals surface area contributed by atoms with Crippen molar-refractivity contribution in [3.8, 4) is 45.1 Å². The molecule has 0 spiro atoms. The summed E-state index contributed by atoms with van der Waals surface area (Å²) in [7, 11) is -4.01. The van der Waals surface area contributed by atoms with Crippen molar-refractivity contribution in [1.29, 1.82) is 0 Å². The van der Waals surface area contributed by atoms with E-state index in [1.165, 1.54) is 44.2 Å². The first-order valence-corrected chi connectivity index (χ1v) is 15.0. The molecule has 0 atom stereocenters. The van der Waals surface area contributed by atoms with E-state index in [9.17, 15) is 39.9 Å². The Balaban J connectivity index is 1.76. The summed E-state index contributed by atoms with van der Waals surface area (Å²) in [5.74, 6) is -1.42. The maximum Gasteiger partial charge on any atom is 0.573 e. The summed E-state index contributed by atoms with van der Waals surface area (Å²) in [6, 6.07) is 11.7. The van der Waals surface area contributed by atoms with Gasteiger partial charge in [-0.05, 0) is 72.6 Å². The minimum Gasteiger partial charge on any atom is -0.440 e. The summed E-state index contributed by atoms with van der Waals surface area (Å²) in [5.41, 5.74) is -0.857. The van der Waals surface area contributed by atoms with Crippen molar-refractivity contribution in [2.75, 3.05) is 6.26 Å². The quantitative estimate of drug-likeness (QED) is 0.180. The molecule has 0 bridgehead atoms. The number of halogens is 7. The summed E-state index contributed by atoms with van der Waals surface area (Å²) >= 11 is 0. The lowest BCUT2D eigenvalue weighted by Crippen LogP contribution is -2.16. The van der Waals surface area contributed by atoms with E-state index in [2.05, 4.69) is 14.8 Å². The van der Waals surface area contributed by atoms with Crippen molar-refractivity contribution < 1.29 is 53.4 Å². The number of ether oxygens (including phenoxy) is 1. The van der Waals surface area contributed by atoms with E-state index in [0.717, 1.165) is 41.3 Å². The van der Waals surface area contributed by atoms with E-state index in [0.29, 0.717) is 0 Å². The third-order valence-electron chi connectivity index (χ3n) is 6.79. The van der Waals surface area contributed by atoms with Crippen molar-refractivity contribution in [3.63, 3.8) is 0 Å². The molecule has 3 aromatic carbocycles. The Morgan fingerprint density at radius 3 is 2.13 bits per heavy atom. The van der Waals surface area contributed by atoms with Gasteiger partial charge in [0.05, 0.1) is 17.2 Å². The van der Waals surface area contributed by atoms with Gasteiger partial charge in [-0.15, -0.1) is 13.2 Å². The molecule has 5 aromatic rings. The summed E-state index contributed by atoms with van der Waals surface area (Å²) in [4.78, 5) is 3.94. The van der Waals surface area contributed by atoms with Crippen molar-refractivity contribution in [3.05, 3.63) is 89.3 Å². The van der Waals surface area contributed by atoms with Gasteiger partial charge in [0.1, 0.15) is 17.3 Å². The highest BCUT2D eigenvalue weighted by atomic mass is 32.2. The van der Waals surface area contributed by atoms with E-state index < -0.39 is 56.7 Å². The lowest BCUT2D eigenvalue weighted by Gasteiger charge is -2.15. The van der Waals surface area contributed by atoms with Gasteiger partial charge in [-0.25, -0.2) is 22.5 Å². The number of hydrogen-bond acceptors (Lipinski definition) is 7. The Morgan fingerprint density at radius 2 is 1.57 bits per heavy atom. The zero-order valence-corrected chi connectivity index (χ0v) is 24.8. The van der Waals surface area contributed by atoms with Crippen LogP contribution in [0.15, 0.2) is 70.0 Å². The van der Waals surface area contributed by atoms with Gasteiger partial charge in [0.2, 0.25) is 0 Å². The second kappa shape index (κ2) is 11.6. The molecule has 242 valence electrons. The SMILES string of the molecule is Cc1nc(-c2cc(-c3cc(F)c(CO)c(S(C)(=O)=O)c3)ccc2-n2nc(C(F)(F)F)cc2C)c(-c2ccc(OC(F)(F)F)cc2)o1. The molecule has 16 heteroatoms. The molecule has 0 saturated carbocycles. The fourth-order valence-electron chi connectivity index (χ4n) is 4.82. The first kappa shape index (κ1) is 32.7. The van der Waals surface area contributed by atoms with E-state index >= 15 is 4.39 Å². The lowest BCUT2D eigenvalue weighted by molar-refractivity contribution is -0.274. The minimum atomic E-state index is -4.94. The summed E-state index contributed by atoms with van der Waals surface area (Å²) in [5, 5.41) is 13.3. The van der Waals surface area contributed by atoms with Crippen molar-refractivity contribution in [1.82, 2.24) is 14.8 Å². The number of rotatable bonds is 7. The Labute approximate surface area is 256 Å². The van der Waals surface area contributed by atoms with Crippen LogP contribution in [0.1, 0.15) is 22.8 Å². The lowest BCUT2D eigenvalue weighted by atomic mass is 9.97. The fourth-order valence-corrected chi connectivity index (χ4v) is 5.77. The zero-order valence-electron chi connectivity index (χ0n) is 24.0. The van der Waals surface area contributed by atoms with Crippen molar-refractivity contribution in [2.24, 2.45) is 0 Å². The number of aromatic nitrogens is 3. The van der Waals surface area contributed by atoms with Gasteiger partial charge in [0.25, 0.3) is 0 Å². The van der Waals surface area contributed by atoms with E-state index in [1.807, 2.05) is 0 Å². The first-order valence-electron chi connectivity index (χ1n) is 13.1. The van der Waals surface area contributed by atoms with Crippen LogP contribution in [0.4, 0.5) is 30.7 Å². The number of alkyl halides is 6. The molecule has 0 radical (unpaired) electrons. The molecule has 8 nitrogen and oxygen atoms in total. The molecule has 0 aliphatic heterocycles. The van der Waals surface area contributed by atoms with Gasteiger partial charge in [-0.1, -0.05) is 6.07 Å². The number of aliphatic hydroxyl groups excluding tert-OH is 1. The maximum atomic E-state index is 15.0. The molecule has 46 heavy (non-hydrogen) atoms. The van der Waals surface area contributed by atoms with Crippen LogP contribution in [-0.2, 0) is 22.6 Å². The Bertz CT molecular complexity index is 2050. The number of oxazole rings is 1. The minimum absolute atomic E-state index is 0.0222. The maximum absolute atomic E-state index is 15.0. The third-order valence-corrected chi connectivity index (χ3v) is 7.95. The van der Waals surface area contributed by atoms with Crippen LogP contribution in [0.2, 0.25) is 0 Å². The van der Waals surface area contributed by atoms with E-state index in [4.69, 9.17) is 4.42 Å². The zero-order chi connectivity index (χ0) is 33.8. The molecule has 5 rings (SSSR count). The van der Waals surface area contributed by atoms with Crippen LogP contribution in [-0.4, -0.2) is 40.9 Å². The molecule has 2 heterocycles. The third kappa shape index (κ3) is 6.62. The predicted octanol–water partition coefficient (Wildman–Crippen LogP) is 7.43. The normalized spacial score (nSPS) is 12.5. The van der Waals surface area contributed by atoms with Crippen LogP contribution in [0, 0.1) is 19.7 Å². The molecule has 0 aliphatic rings. The summed E-state index contributed by atoms with van der Waals surface area (Å²) in [6.07, 6.45) is -8.87. The van der Waals surface area contributed by atoms with Gasteiger partial charge < -0.3 is 14.3 Å². The van der Waals surface area contributed by atoms with Crippen LogP contribution < -0.4 is 4.74 Å². The number of aryl methyl sites for hydroxylation is 2. The highest BCUT2D eigenvalue weighted by molar-refractivity contribution is 7.90. The highest BCUT2D eigenvalue weighted by Crippen LogP contribution is 2.40. The Morgan fingerprint density at radius 1 is 0.913 bits per heavy atom. The number of aliphatic hydroxyl groups is 1.